The fraction of sp³-hybridized carbons (Fsp3) is 0.538. The van der Waals surface area contributed by atoms with Crippen LogP contribution in [0.5, 0.6) is 5.75 Å². The monoisotopic (exact) mass is 324 g/mol. The molecular formula is C13H18Cl2O3S. The highest BCUT2D eigenvalue weighted by Crippen LogP contribution is 2.21. The first-order valence-corrected chi connectivity index (χ1v) is 9.05. The van der Waals surface area contributed by atoms with Crippen LogP contribution in [0.3, 0.4) is 0 Å². The second kappa shape index (κ2) is 7.98. The Morgan fingerprint density at radius 1 is 1.16 bits per heavy atom. The molecule has 0 heterocycles. The van der Waals surface area contributed by atoms with Gasteiger partial charge in [-0.2, -0.15) is 0 Å². The molecule has 0 saturated carbocycles. The Morgan fingerprint density at radius 2 is 1.84 bits per heavy atom. The molecule has 0 saturated heterocycles. The number of benzene rings is 1. The topological polar surface area (TPSA) is 43.4 Å². The largest absolute Gasteiger partial charge is 0.494 e. The van der Waals surface area contributed by atoms with Crippen LogP contribution < -0.4 is 4.74 Å². The summed E-state index contributed by atoms with van der Waals surface area (Å²) < 4.78 is 27.0. The molecule has 0 radical (unpaired) electrons. The second-order valence-electron chi connectivity index (χ2n) is 4.42. The van der Waals surface area contributed by atoms with E-state index in [4.69, 9.17) is 27.0 Å². The summed E-state index contributed by atoms with van der Waals surface area (Å²) in [5.41, 5.74) is 0.992. The van der Waals surface area contributed by atoms with Crippen molar-refractivity contribution in [3.05, 3.63) is 28.8 Å². The molecule has 0 aliphatic rings. The van der Waals surface area contributed by atoms with Crippen LogP contribution in [0.25, 0.3) is 0 Å². The maximum Gasteiger partial charge on any atom is 0.232 e. The number of hydrogen-bond acceptors (Lipinski definition) is 3. The molecule has 0 aromatic heterocycles. The lowest BCUT2D eigenvalue weighted by atomic mass is 10.2. The van der Waals surface area contributed by atoms with Crippen molar-refractivity contribution >= 4 is 31.3 Å². The molecule has 0 amide bonds. The first kappa shape index (κ1) is 16.6. The van der Waals surface area contributed by atoms with Gasteiger partial charge in [0.05, 0.1) is 12.4 Å². The lowest BCUT2D eigenvalue weighted by Gasteiger charge is -2.07. The van der Waals surface area contributed by atoms with Gasteiger partial charge in [-0.15, -0.1) is 0 Å². The van der Waals surface area contributed by atoms with Gasteiger partial charge in [0.15, 0.2) is 0 Å². The first-order valence-electron chi connectivity index (χ1n) is 6.20. The highest BCUT2D eigenvalue weighted by atomic mass is 35.7. The van der Waals surface area contributed by atoms with Gasteiger partial charge < -0.3 is 4.74 Å². The Bertz CT molecular complexity index is 501. The smallest absolute Gasteiger partial charge is 0.232 e. The van der Waals surface area contributed by atoms with Crippen molar-refractivity contribution in [3.63, 3.8) is 0 Å². The van der Waals surface area contributed by atoms with Crippen molar-refractivity contribution in [1.82, 2.24) is 0 Å². The fourth-order valence-corrected chi connectivity index (χ4v) is 2.62. The van der Waals surface area contributed by atoms with Crippen molar-refractivity contribution < 1.29 is 13.2 Å². The summed E-state index contributed by atoms with van der Waals surface area (Å²) in [6, 6.07) is 5.56. The Morgan fingerprint density at radius 3 is 2.47 bits per heavy atom. The van der Waals surface area contributed by atoms with E-state index in [0.717, 1.165) is 35.6 Å². The van der Waals surface area contributed by atoms with Crippen LogP contribution in [0.4, 0.5) is 0 Å². The standard InChI is InChI=1S/C13H18Cl2O3S/c1-11-10-12(6-7-13(11)14)18-8-4-2-3-5-9-19(15,16)17/h6-7,10H,2-5,8-9H2,1H3. The molecule has 0 aliphatic heterocycles. The summed E-state index contributed by atoms with van der Waals surface area (Å²) in [6.07, 6.45) is 3.27. The Kier molecular flexibility index (Phi) is 6.97. The SMILES string of the molecule is Cc1cc(OCCCCCCS(=O)(=O)Cl)ccc1Cl. The van der Waals surface area contributed by atoms with Crippen molar-refractivity contribution in [3.8, 4) is 5.75 Å². The quantitative estimate of drug-likeness (QED) is 0.532. The van der Waals surface area contributed by atoms with E-state index >= 15 is 0 Å². The van der Waals surface area contributed by atoms with Crippen LogP contribution >= 0.6 is 22.3 Å². The zero-order valence-corrected chi connectivity index (χ0v) is 13.2. The third kappa shape index (κ3) is 7.65. The van der Waals surface area contributed by atoms with Crippen molar-refractivity contribution in [2.45, 2.75) is 32.6 Å². The molecule has 0 fully saturated rings. The Hall–Kier alpha value is -0.450. The highest BCUT2D eigenvalue weighted by molar-refractivity contribution is 8.13. The maximum atomic E-state index is 10.7. The van der Waals surface area contributed by atoms with E-state index in [2.05, 4.69) is 0 Å². The molecule has 0 unspecified atom stereocenters. The minimum absolute atomic E-state index is 0.0474. The lowest BCUT2D eigenvalue weighted by molar-refractivity contribution is 0.305. The van der Waals surface area contributed by atoms with E-state index < -0.39 is 9.05 Å². The van der Waals surface area contributed by atoms with E-state index in [9.17, 15) is 8.42 Å². The molecule has 0 aliphatic carbocycles. The van der Waals surface area contributed by atoms with Gasteiger partial charge in [-0.05, 0) is 43.5 Å². The lowest BCUT2D eigenvalue weighted by Crippen LogP contribution is -1.99. The van der Waals surface area contributed by atoms with Crippen LogP contribution in [0.2, 0.25) is 5.02 Å². The average molecular weight is 325 g/mol. The summed E-state index contributed by atoms with van der Waals surface area (Å²) in [5, 5.41) is 0.731. The Labute approximate surface area is 124 Å². The molecule has 1 rings (SSSR count). The number of aryl methyl sites for hydroxylation is 1. The number of hydrogen-bond donors (Lipinski definition) is 0. The average Bonchev–Trinajstić information content (AvgIpc) is 2.31. The number of unbranched alkanes of at least 4 members (excludes halogenated alkanes) is 3. The van der Waals surface area contributed by atoms with Gasteiger partial charge in [-0.3, -0.25) is 0 Å². The van der Waals surface area contributed by atoms with Gasteiger partial charge in [0, 0.05) is 15.7 Å². The van der Waals surface area contributed by atoms with Gasteiger partial charge in [0.2, 0.25) is 9.05 Å². The van der Waals surface area contributed by atoms with E-state index in [-0.39, 0.29) is 5.75 Å². The molecule has 6 heteroatoms. The minimum Gasteiger partial charge on any atom is -0.494 e. The molecule has 0 N–H and O–H groups in total. The van der Waals surface area contributed by atoms with Gasteiger partial charge in [-0.1, -0.05) is 24.4 Å². The molecule has 0 bridgehead atoms. The summed E-state index contributed by atoms with van der Waals surface area (Å²) in [7, 11) is 1.78. The summed E-state index contributed by atoms with van der Waals surface area (Å²) in [6.45, 7) is 2.55. The van der Waals surface area contributed by atoms with E-state index in [1.165, 1.54) is 0 Å². The molecule has 3 nitrogen and oxygen atoms in total. The normalized spacial score (nSPS) is 11.5. The molecule has 108 valence electrons. The zero-order valence-electron chi connectivity index (χ0n) is 10.9. The van der Waals surface area contributed by atoms with Gasteiger partial charge in [0.1, 0.15) is 5.75 Å². The Balaban J connectivity index is 2.12. The van der Waals surface area contributed by atoms with Crippen LogP contribution in [-0.2, 0) is 9.05 Å². The first-order chi connectivity index (χ1) is 8.88. The second-order valence-corrected chi connectivity index (χ2v) is 7.72. The number of rotatable bonds is 8. The molecule has 1 aromatic carbocycles. The van der Waals surface area contributed by atoms with Crippen LogP contribution in [-0.4, -0.2) is 20.8 Å². The van der Waals surface area contributed by atoms with Crippen LogP contribution in [0.1, 0.15) is 31.2 Å². The molecule has 0 spiro atoms. The summed E-state index contributed by atoms with van der Waals surface area (Å²) >= 11 is 5.92. The van der Waals surface area contributed by atoms with Crippen LogP contribution in [0.15, 0.2) is 18.2 Å². The zero-order chi connectivity index (χ0) is 14.3. The predicted molar refractivity (Wildman–Crippen MR) is 79.8 cm³/mol. The molecular weight excluding hydrogens is 307 g/mol. The maximum absolute atomic E-state index is 10.7. The highest BCUT2D eigenvalue weighted by Gasteiger charge is 2.04. The minimum atomic E-state index is -3.34. The summed E-state index contributed by atoms with van der Waals surface area (Å²) in [5.74, 6) is 0.858. The van der Waals surface area contributed by atoms with E-state index in [1.807, 2.05) is 25.1 Å². The number of ether oxygens (including phenoxy) is 1. The van der Waals surface area contributed by atoms with Gasteiger partial charge >= 0.3 is 0 Å². The molecule has 1 aromatic rings. The summed E-state index contributed by atoms with van der Waals surface area (Å²) in [4.78, 5) is 0. The third-order valence-electron chi connectivity index (χ3n) is 2.68. The van der Waals surface area contributed by atoms with Gasteiger partial charge in [-0.25, -0.2) is 8.42 Å². The molecule has 0 atom stereocenters. The number of halogens is 2. The van der Waals surface area contributed by atoms with Crippen LogP contribution in [0, 0.1) is 6.92 Å². The van der Waals surface area contributed by atoms with Crippen molar-refractivity contribution in [2.75, 3.05) is 12.4 Å². The van der Waals surface area contributed by atoms with E-state index in [1.54, 1.807) is 0 Å². The van der Waals surface area contributed by atoms with E-state index in [0.29, 0.717) is 13.0 Å². The molecule has 19 heavy (non-hydrogen) atoms. The van der Waals surface area contributed by atoms with Crippen molar-refractivity contribution in [2.24, 2.45) is 0 Å². The third-order valence-corrected chi connectivity index (χ3v) is 4.34. The van der Waals surface area contributed by atoms with Crippen molar-refractivity contribution in [1.29, 1.82) is 0 Å². The predicted octanol–water partition coefficient (Wildman–Crippen LogP) is 4.16. The van der Waals surface area contributed by atoms with Gasteiger partial charge in [0.25, 0.3) is 0 Å². The fourth-order valence-electron chi connectivity index (χ4n) is 1.63.